The lowest BCUT2D eigenvalue weighted by atomic mass is 10.1. The summed E-state index contributed by atoms with van der Waals surface area (Å²) in [7, 11) is 0. The van der Waals surface area contributed by atoms with Crippen molar-refractivity contribution in [3.63, 3.8) is 0 Å². The van der Waals surface area contributed by atoms with E-state index >= 15 is 0 Å². The van der Waals surface area contributed by atoms with Crippen LogP contribution in [0, 0.1) is 5.92 Å². The second kappa shape index (κ2) is 2.46. The molecule has 0 bridgehead atoms. The summed E-state index contributed by atoms with van der Waals surface area (Å²) in [5.74, 6) is 0.757. The molecule has 1 heterocycles. The minimum absolute atomic E-state index is 0.296. The number of nitrogens with one attached hydrogen (secondary N) is 1. The van der Waals surface area contributed by atoms with E-state index in [9.17, 15) is 0 Å². The van der Waals surface area contributed by atoms with Crippen LogP contribution in [0.4, 0.5) is 0 Å². The van der Waals surface area contributed by atoms with E-state index in [1.165, 1.54) is 0 Å². The fourth-order valence-corrected chi connectivity index (χ4v) is 1.16. The molecule has 2 atom stereocenters. The first kappa shape index (κ1) is 6.05. The molecule has 2 heteroatoms. The lowest BCUT2D eigenvalue weighted by molar-refractivity contribution is 0.253. The summed E-state index contributed by atoms with van der Waals surface area (Å²) >= 11 is 0. The van der Waals surface area contributed by atoms with Crippen molar-refractivity contribution in [2.75, 3.05) is 13.2 Å². The van der Waals surface area contributed by atoms with Crippen LogP contribution in [0.1, 0.15) is 13.3 Å². The van der Waals surface area contributed by atoms with Crippen LogP contribution in [-0.4, -0.2) is 24.3 Å². The Labute approximate surface area is 49.9 Å². The maximum absolute atomic E-state index is 8.62. The minimum Gasteiger partial charge on any atom is -0.395 e. The van der Waals surface area contributed by atoms with E-state index in [2.05, 4.69) is 12.2 Å². The molecule has 0 radical (unpaired) electrons. The van der Waals surface area contributed by atoms with E-state index in [0.717, 1.165) is 18.9 Å². The van der Waals surface area contributed by atoms with Crippen molar-refractivity contribution in [1.29, 1.82) is 0 Å². The smallest absolute Gasteiger partial charge is 0.0584 e. The zero-order valence-electron chi connectivity index (χ0n) is 5.22. The van der Waals surface area contributed by atoms with Gasteiger partial charge < -0.3 is 10.4 Å². The average Bonchev–Trinajstić information content (AvgIpc) is 2.14. The molecule has 2 N–H and O–H groups in total. The van der Waals surface area contributed by atoms with Gasteiger partial charge in [-0.1, -0.05) is 6.92 Å². The fraction of sp³-hybridized carbons (Fsp3) is 1.00. The highest BCUT2D eigenvalue weighted by Crippen LogP contribution is 2.11. The van der Waals surface area contributed by atoms with Crippen molar-refractivity contribution in [1.82, 2.24) is 5.32 Å². The van der Waals surface area contributed by atoms with E-state index in [-0.39, 0.29) is 0 Å². The lowest BCUT2D eigenvalue weighted by Crippen LogP contribution is -2.24. The number of hydrogen-bond acceptors (Lipinski definition) is 2. The van der Waals surface area contributed by atoms with Gasteiger partial charge in [-0.3, -0.25) is 0 Å². The predicted molar refractivity (Wildman–Crippen MR) is 32.7 cm³/mol. The highest BCUT2D eigenvalue weighted by molar-refractivity contribution is 4.77. The Kier molecular flexibility index (Phi) is 1.86. The molecular formula is C6H13NO. The van der Waals surface area contributed by atoms with Gasteiger partial charge in [-0.05, 0) is 18.9 Å². The normalized spacial score (nSPS) is 38.2. The SMILES string of the molecule is C[C@H]1CN[C@@H](CO)C1. The Balaban J connectivity index is 2.22. The molecule has 1 fully saturated rings. The Bertz CT molecular complexity index is 74.9. The topological polar surface area (TPSA) is 32.3 Å². The first-order valence-corrected chi connectivity index (χ1v) is 3.17. The van der Waals surface area contributed by atoms with Crippen LogP contribution in [-0.2, 0) is 0 Å². The molecule has 0 aliphatic carbocycles. The molecule has 0 aromatic rings. The van der Waals surface area contributed by atoms with E-state index in [1.54, 1.807) is 0 Å². The molecule has 48 valence electrons. The van der Waals surface area contributed by atoms with Crippen molar-refractivity contribution >= 4 is 0 Å². The third-order valence-electron chi connectivity index (χ3n) is 1.66. The van der Waals surface area contributed by atoms with Crippen LogP contribution in [0.15, 0.2) is 0 Å². The Hall–Kier alpha value is -0.0800. The van der Waals surface area contributed by atoms with Crippen molar-refractivity contribution in [3.05, 3.63) is 0 Å². The maximum Gasteiger partial charge on any atom is 0.0584 e. The predicted octanol–water partition coefficient (Wildman–Crippen LogP) is -0.0233. The lowest BCUT2D eigenvalue weighted by Gasteiger charge is -2.02. The quantitative estimate of drug-likeness (QED) is 0.503. The third-order valence-corrected chi connectivity index (χ3v) is 1.66. The number of hydrogen-bond donors (Lipinski definition) is 2. The van der Waals surface area contributed by atoms with Crippen LogP contribution in [0.3, 0.4) is 0 Å². The van der Waals surface area contributed by atoms with E-state index in [0.29, 0.717) is 12.6 Å². The highest BCUT2D eigenvalue weighted by Gasteiger charge is 2.18. The van der Waals surface area contributed by atoms with Crippen LogP contribution in [0.25, 0.3) is 0 Å². The summed E-state index contributed by atoms with van der Waals surface area (Å²) in [5, 5.41) is 11.8. The standard InChI is InChI=1S/C6H13NO/c1-5-2-6(4-8)7-3-5/h5-8H,2-4H2,1H3/t5-,6-/m1/s1. The van der Waals surface area contributed by atoms with Gasteiger partial charge in [0.25, 0.3) is 0 Å². The summed E-state index contributed by atoms with van der Waals surface area (Å²) in [6, 6.07) is 0.380. The molecule has 0 saturated carbocycles. The molecule has 0 unspecified atom stereocenters. The van der Waals surface area contributed by atoms with Gasteiger partial charge in [0.2, 0.25) is 0 Å². The largest absolute Gasteiger partial charge is 0.395 e. The molecule has 2 nitrogen and oxygen atoms in total. The Morgan fingerprint density at radius 1 is 1.75 bits per heavy atom. The molecule has 1 rings (SSSR count). The Morgan fingerprint density at radius 2 is 2.50 bits per heavy atom. The maximum atomic E-state index is 8.62. The number of rotatable bonds is 1. The van der Waals surface area contributed by atoms with Crippen LogP contribution in [0.5, 0.6) is 0 Å². The monoisotopic (exact) mass is 115 g/mol. The van der Waals surface area contributed by atoms with Gasteiger partial charge >= 0.3 is 0 Å². The van der Waals surface area contributed by atoms with Gasteiger partial charge in [0.05, 0.1) is 6.61 Å². The summed E-state index contributed by atoms with van der Waals surface area (Å²) in [5.41, 5.74) is 0. The zero-order valence-corrected chi connectivity index (χ0v) is 5.22. The summed E-state index contributed by atoms with van der Waals surface area (Å²) in [6.45, 7) is 3.57. The van der Waals surface area contributed by atoms with E-state index in [4.69, 9.17) is 5.11 Å². The number of aliphatic hydroxyl groups excluding tert-OH is 1. The molecule has 1 saturated heterocycles. The van der Waals surface area contributed by atoms with E-state index in [1.807, 2.05) is 0 Å². The Morgan fingerprint density at radius 3 is 2.75 bits per heavy atom. The highest BCUT2D eigenvalue weighted by atomic mass is 16.3. The molecule has 8 heavy (non-hydrogen) atoms. The summed E-state index contributed by atoms with van der Waals surface area (Å²) < 4.78 is 0. The zero-order chi connectivity index (χ0) is 5.98. The average molecular weight is 115 g/mol. The minimum atomic E-state index is 0.296. The molecular weight excluding hydrogens is 102 g/mol. The molecule has 1 aliphatic rings. The first-order valence-electron chi connectivity index (χ1n) is 3.17. The van der Waals surface area contributed by atoms with Crippen LogP contribution >= 0.6 is 0 Å². The van der Waals surface area contributed by atoms with E-state index < -0.39 is 0 Å². The molecule has 1 aliphatic heterocycles. The van der Waals surface area contributed by atoms with Crippen LogP contribution < -0.4 is 5.32 Å². The second-order valence-corrected chi connectivity index (χ2v) is 2.63. The molecule has 0 aromatic carbocycles. The van der Waals surface area contributed by atoms with Gasteiger partial charge in [-0.2, -0.15) is 0 Å². The fourth-order valence-electron chi connectivity index (χ4n) is 1.16. The molecule has 0 aromatic heterocycles. The molecule has 0 spiro atoms. The number of aliphatic hydroxyl groups is 1. The van der Waals surface area contributed by atoms with Crippen molar-refractivity contribution in [2.45, 2.75) is 19.4 Å². The third kappa shape index (κ3) is 1.20. The van der Waals surface area contributed by atoms with Crippen LogP contribution in [0.2, 0.25) is 0 Å². The van der Waals surface area contributed by atoms with Gasteiger partial charge in [-0.15, -0.1) is 0 Å². The van der Waals surface area contributed by atoms with Crippen molar-refractivity contribution in [2.24, 2.45) is 5.92 Å². The summed E-state index contributed by atoms with van der Waals surface area (Å²) in [4.78, 5) is 0. The van der Waals surface area contributed by atoms with Gasteiger partial charge in [0, 0.05) is 6.04 Å². The van der Waals surface area contributed by atoms with Gasteiger partial charge in [-0.25, -0.2) is 0 Å². The van der Waals surface area contributed by atoms with Gasteiger partial charge in [0.15, 0.2) is 0 Å². The second-order valence-electron chi connectivity index (χ2n) is 2.63. The van der Waals surface area contributed by atoms with Crippen molar-refractivity contribution < 1.29 is 5.11 Å². The summed E-state index contributed by atoms with van der Waals surface area (Å²) in [6.07, 6.45) is 1.14. The van der Waals surface area contributed by atoms with Crippen molar-refractivity contribution in [3.8, 4) is 0 Å². The van der Waals surface area contributed by atoms with Gasteiger partial charge in [0.1, 0.15) is 0 Å². The molecule has 0 amide bonds. The first-order chi connectivity index (χ1) is 3.83.